The molecule has 0 spiro atoms. The third kappa shape index (κ3) is 3.64. The minimum Gasteiger partial charge on any atom is -0.440 e. The SMILES string of the molecule is COCC(C)NC(=O)N1CCCC(c2nc3ccccc3o2)C1. The molecule has 2 unspecified atom stereocenters. The number of hydrogen-bond donors (Lipinski definition) is 1. The van der Waals surface area contributed by atoms with Crippen LogP contribution in [-0.4, -0.2) is 48.8 Å². The predicted octanol–water partition coefficient (Wildman–Crippen LogP) is 2.75. The fourth-order valence-corrected chi connectivity index (χ4v) is 3.02. The summed E-state index contributed by atoms with van der Waals surface area (Å²) >= 11 is 0. The molecular weight excluding hydrogens is 294 g/mol. The summed E-state index contributed by atoms with van der Waals surface area (Å²) in [5.74, 6) is 0.883. The molecule has 0 radical (unpaired) electrons. The number of para-hydroxylation sites is 2. The number of ether oxygens (including phenoxy) is 1. The first-order chi connectivity index (χ1) is 11.2. The first kappa shape index (κ1) is 15.8. The second-order valence-corrected chi connectivity index (χ2v) is 6.11. The Morgan fingerprint density at radius 2 is 2.35 bits per heavy atom. The van der Waals surface area contributed by atoms with Crippen LogP contribution in [0, 0.1) is 0 Å². The Morgan fingerprint density at radius 1 is 1.52 bits per heavy atom. The minimum absolute atomic E-state index is 0.00259. The van der Waals surface area contributed by atoms with Crippen LogP contribution in [0.1, 0.15) is 31.6 Å². The zero-order chi connectivity index (χ0) is 16.2. The Hall–Kier alpha value is -2.08. The average Bonchev–Trinajstić information content (AvgIpc) is 2.99. The number of piperidine rings is 1. The highest BCUT2D eigenvalue weighted by Gasteiger charge is 2.28. The van der Waals surface area contributed by atoms with Crippen molar-refractivity contribution in [2.24, 2.45) is 0 Å². The number of nitrogens with zero attached hydrogens (tertiary/aromatic N) is 2. The van der Waals surface area contributed by atoms with Gasteiger partial charge < -0.3 is 19.4 Å². The number of methoxy groups -OCH3 is 1. The molecule has 2 amide bonds. The number of amides is 2. The standard InChI is InChI=1S/C17H23N3O3/c1-12(11-22-2)18-17(21)20-9-5-6-13(10-20)16-19-14-7-3-4-8-15(14)23-16/h3-4,7-8,12-13H,5-6,9-11H2,1-2H3,(H,18,21). The van der Waals surface area contributed by atoms with Crippen molar-refractivity contribution in [1.29, 1.82) is 0 Å². The molecule has 1 aliphatic rings. The summed E-state index contributed by atoms with van der Waals surface area (Å²) in [5, 5.41) is 2.96. The molecule has 0 bridgehead atoms. The normalized spacial score (nSPS) is 19.7. The van der Waals surface area contributed by atoms with Gasteiger partial charge in [0.05, 0.1) is 18.6 Å². The molecule has 1 aliphatic heterocycles. The molecule has 1 N–H and O–H groups in total. The molecule has 0 aliphatic carbocycles. The smallest absolute Gasteiger partial charge is 0.317 e. The zero-order valence-electron chi connectivity index (χ0n) is 13.6. The van der Waals surface area contributed by atoms with E-state index in [1.165, 1.54) is 0 Å². The van der Waals surface area contributed by atoms with E-state index in [4.69, 9.17) is 9.15 Å². The number of carbonyl (C=O) groups is 1. The monoisotopic (exact) mass is 317 g/mol. The molecule has 1 aromatic carbocycles. The molecule has 1 fully saturated rings. The van der Waals surface area contributed by atoms with Crippen molar-refractivity contribution in [2.75, 3.05) is 26.8 Å². The van der Waals surface area contributed by atoms with Gasteiger partial charge in [0.15, 0.2) is 11.5 Å². The number of urea groups is 1. The minimum atomic E-state index is -0.0460. The highest BCUT2D eigenvalue weighted by Crippen LogP contribution is 2.28. The molecule has 2 heterocycles. The Balaban J connectivity index is 1.66. The number of carbonyl (C=O) groups excluding carboxylic acids is 1. The highest BCUT2D eigenvalue weighted by molar-refractivity contribution is 5.75. The molecule has 1 aromatic heterocycles. The average molecular weight is 317 g/mol. The topological polar surface area (TPSA) is 67.6 Å². The van der Waals surface area contributed by atoms with Crippen molar-refractivity contribution in [3.05, 3.63) is 30.2 Å². The van der Waals surface area contributed by atoms with Gasteiger partial charge >= 0.3 is 6.03 Å². The zero-order valence-corrected chi connectivity index (χ0v) is 13.6. The quantitative estimate of drug-likeness (QED) is 0.941. The van der Waals surface area contributed by atoms with E-state index in [1.54, 1.807) is 7.11 Å². The number of rotatable bonds is 4. The third-order valence-corrected chi connectivity index (χ3v) is 4.15. The Labute approximate surface area is 135 Å². The summed E-state index contributed by atoms with van der Waals surface area (Å²) in [7, 11) is 1.63. The summed E-state index contributed by atoms with van der Waals surface area (Å²) < 4.78 is 10.9. The van der Waals surface area contributed by atoms with Gasteiger partial charge in [-0.25, -0.2) is 9.78 Å². The van der Waals surface area contributed by atoms with Gasteiger partial charge in [-0.2, -0.15) is 0 Å². The lowest BCUT2D eigenvalue weighted by atomic mass is 9.98. The van der Waals surface area contributed by atoms with Crippen molar-refractivity contribution in [2.45, 2.75) is 31.7 Å². The second-order valence-electron chi connectivity index (χ2n) is 6.11. The molecule has 2 aromatic rings. The van der Waals surface area contributed by atoms with Crippen LogP contribution in [0.5, 0.6) is 0 Å². The molecule has 0 saturated carbocycles. The van der Waals surface area contributed by atoms with Gasteiger partial charge in [-0.15, -0.1) is 0 Å². The van der Waals surface area contributed by atoms with Crippen LogP contribution in [0.4, 0.5) is 4.79 Å². The van der Waals surface area contributed by atoms with Gasteiger partial charge in [-0.05, 0) is 31.9 Å². The van der Waals surface area contributed by atoms with Crippen molar-refractivity contribution in [3.8, 4) is 0 Å². The van der Waals surface area contributed by atoms with E-state index in [0.717, 1.165) is 36.4 Å². The summed E-state index contributed by atoms with van der Waals surface area (Å²) in [4.78, 5) is 18.8. The number of likely N-dealkylation sites (tertiary alicyclic amines) is 1. The molecule has 6 heteroatoms. The first-order valence-electron chi connectivity index (χ1n) is 8.07. The molecule has 6 nitrogen and oxygen atoms in total. The predicted molar refractivity (Wildman–Crippen MR) is 87.4 cm³/mol. The van der Waals surface area contributed by atoms with Crippen LogP contribution in [-0.2, 0) is 4.74 Å². The number of benzene rings is 1. The lowest BCUT2D eigenvalue weighted by Gasteiger charge is -2.32. The van der Waals surface area contributed by atoms with Gasteiger partial charge in [-0.1, -0.05) is 12.1 Å². The van der Waals surface area contributed by atoms with Crippen LogP contribution < -0.4 is 5.32 Å². The number of fused-ring (bicyclic) bond motifs is 1. The van der Waals surface area contributed by atoms with E-state index in [9.17, 15) is 4.79 Å². The Morgan fingerprint density at radius 3 is 3.13 bits per heavy atom. The van der Waals surface area contributed by atoms with E-state index in [-0.39, 0.29) is 18.0 Å². The van der Waals surface area contributed by atoms with Gasteiger partial charge in [0, 0.05) is 20.2 Å². The van der Waals surface area contributed by atoms with Crippen LogP contribution in [0.2, 0.25) is 0 Å². The molecule has 3 rings (SSSR count). The molecular formula is C17H23N3O3. The Kier molecular flexibility index (Phi) is 4.81. The molecule has 2 atom stereocenters. The maximum atomic E-state index is 12.3. The van der Waals surface area contributed by atoms with Gasteiger partial charge in [0.2, 0.25) is 0 Å². The molecule has 124 valence electrons. The van der Waals surface area contributed by atoms with Crippen molar-refractivity contribution in [3.63, 3.8) is 0 Å². The summed E-state index contributed by atoms with van der Waals surface area (Å²) in [6, 6.07) is 7.71. The number of oxazole rings is 1. The van der Waals surface area contributed by atoms with E-state index < -0.39 is 0 Å². The fraction of sp³-hybridized carbons (Fsp3) is 0.529. The maximum Gasteiger partial charge on any atom is 0.317 e. The van der Waals surface area contributed by atoms with E-state index >= 15 is 0 Å². The molecule has 23 heavy (non-hydrogen) atoms. The van der Waals surface area contributed by atoms with Crippen LogP contribution >= 0.6 is 0 Å². The van der Waals surface area contributed by atoms with Crippen molar-refractivity contribution >= 4 is 17.1 Å². The maximum absolute atomic E-state index is 12.3. The van der Waals surface area contributed by atoms with Crippen molar-refractivity contribution in [1.82, 2.24) is 15.2 Å². The van der Waals surface area contributed by atoms with E-state index in [1.807, 2.05) is 36.1 Å². The van der Waals surface area contributed by atoms with E-state index in [0.29, 0.717) is 13.2 Å². The van der Waals surface area contributed by atoms with Crippen LogP contribution in [0.15, 0.2) is 28.7 Å². The largest absolute Gasteiger partial charge is 0.440 e. The van der Waals surface area contributed by atoms with Crippen LogP contribution in [0.25, 0.3) is 11.1 Å². The van der Waals surface area contributed by atoms with Gasteiger partial charge in [0.1, 0.15) is 5.52 Å². The summed E-state index contributed by atoms with van der Waals surface area (Å²) in [6.07, 6.45) is 1.94. The summed E-state index contributed by atoms with van der Waals surface area (Å²) in [5.41, 5.74) is 1.68. The Bertz CT molecular complexity index is 637. The van der Waals surface area contributed by atoms with Gasteiger partial charge in [0.25, 0.3) is 0 Å². The van der Waals surface area contributed by atoms with Crippen molar-refractivity contribution < 1.29 is 13.9 Å². The fourth-order valence-electron chi connectivity index (χ4n) is 3.02. The number of nitrogens with one attached hydrogen (secondary N) is 1. The van der Waals surface area contributed by atoms with Crippen LogP contribution in [0.3, 0.4) is 0 Å². The lowest BCUT2D eigenvalue weighted by molar-refractivity contribution is 0.150. The first-order valence-corrected chi connectivity index (χ1v) is 8.07. The third-order valence-electron chi connectivity index (χ3n) is 4.15. The van der Waals surface area contributed by atoms with Gasteiger partial charge in [-0.3, -0.25) is 0 Å². The molecule has 1 saturated heterocycles. The number of aromatic nitrogens is 1. The second kappa shape index (κ2) is 7.00. The van der Waals surface area contributed by atoms with E-state index in [2.05, 4.69) is 10.3 Å². The lowest BCUT2D eigenvalue weighted by Crippen LogP contribution is -2.48. The number of hydrogen-bond acceptors (Lipinski definition) is 4. The summed E-state index contributed by atoms with van der Waals surface area (Å²) in [6.45, 7) is 3.85. The highest BCUT2D eigenvalue weighted by atomic mass is 16.5.